The fourth-order valence-corrected chi connectivity index (χ4v) is 3.71. The summed E-state index contributed by atoms with van der Waals surface area (Å²) in [6.07, 6.45) is -3.60. The maximum atomic E-state index is 13.1. The molecule has 206 valence electrons. The third kappa shape index (κ3) is 8.43. The molecule has 1 atom stereocenters. The summed E-state index contributed by atoms with van der Waals surface area (Å²) >= 11 is 0. The Morgan fingerprint density at radius 2 is 1.28 bits per heavy atom. The third-order valence-electron chi connectivity index (χ3n) is 5.80. The van der Waals surface area contributed by atoms with Crippen LogP contribution in [0, 0.1) is 0 Å². The number of hydrogen-bond acceptors (Lipinski definition) is 6. The lowest BCUT2D eigenvalue weighted by Crippen LogP contribution is -2.41. The minimum atomic E-state index is -5.13. The number of hydrogen-bond donors (Lipinski definition) is 0. The van der Waals surface area contributed by atoms with Crippen LogP contribution in [-0.4, -0.2) is 36.8 Å². The molecule has 3 aromatic rings. The molecule has 0 radical (unpaired) electrons. The molecule has 0 aliphatic rings. The molecule has 0 fully saturated rings. The van der Waals surface area contributed by atoms with Crippen molar-refractivity contribution in [1.82, 2.24) is 0 Å². The summed E-state index contributed by atoms with van der Waals surface area (Å²) < 4.78 is 53.2. The maximum Gasteiger partial charge on any atom is 0.436 e. The van der Waals surface area contributed by atoms with E-state index in [4.69, 9.17) is 4.74 Å². The number of unbranched alkanes of at least 4 members (excludes halogenated alkanes) is 2. The van der Waals surface area contributed by atoms with Crippen LogP contribution in [0.4, 0.5) is 13.2 Å². The summed E-state index contributed by atoms with van der Waals surface area (Å²) in [5, 5.41) is 0. The summed E-state index contributed by atoms with van der Waals surface area (Å²) in [4.78, 5) is 36.3. The molecule has 0 saturated heterocycles. The van der Waals surface area contributed by atoms with Crippen molar-refractivity contribution in [1.29, 1.82) is 0 Å². The lowest BCUT2D eigenvalue weighted by Gasteiger charge is -2.19. The van der Waals surface area contributed by atoms with Crippen LogP contribution in [0.25, 0.3) is 11.1 Å². The summed E-state index contributed by atoms with van der Waals surface area (Å²) in [6.45, 7) is 3.19. The maximum absolute atomic E-state index is 13.1. The van der Waals surface area contributed by atoms with Gasteiger partial charge in [0, 0.05) is 0 Å². The van der Waals surface area contributed by atoms with Crippen molar-refractivity contribution < 1.29 is 41.8 Å². The molecule has 3 aromatic carbocycles. The quantitative estimate of drug-likeness (QED) is 0.148. The third-order valence-corrected chi connectivity index (χ3v) is 5.80. The zero-order chi connectivity index (χ0) is 28.4. The Labute approximate surface area is 224 Å². The van der Waals surface area contributed by atoms with Gasteiger partial charge < -0.3 is 14.2 Å². The molecule has 0 amide bonds. The number of benzene rings is 3. The normalized spacial score (nSPS) is 11.9. The molecule has 3 rings (SSSR count). The van der Waals surface area contributed by atoms with Gasteiger partial charge in [-0.1, -0.05) is 56.2 Å². The SMILES string of the molecule is CCCCCc1ccc(-c2ccc(C(=O)Oc3ccc(C(=O)OC(C(=O)OCC)C(F)(F)F)cc3)cc2)cc1. The number of halogens is 3. The van der Waals surface area contributed by atoms with Crippen molar-refractivity contribution in [3.05, 3.63) is 89.5 Å². The number of esters is 3. The van der Waals surface area contributed by atoms with Gasteiger partial charge in [-0.2, -0.15) is 13.2 Å². The average molecular weight is 543 g/mol. The van der Waals surface area contributed by atoms with Crippen molar-refractivity contribution >= 4 is 17.9 Å². The number of rotatable bonds is 11. The number of aryl methyl sites for hydroxylation is 1. The van der Waals surface area contributed by atoms with Gasteiger partial charge in [0.15, 0.2) is 0 Å². The second-order valence-corrected chi connectivity index (χ2v) is 8.72. The molecule has 0 aliphatic heterocycles. The van der Waals surface area contributed by atoms with E-state index in [0.29, 0.717) is 5.56 Å². The van der Waals surface area contributed by atoms with Gasteiger partial charge in [-0.15, -0.1) is 0 Å². The van der Waals surface area contributed by atoms with E-state index in [-0.39, 0.29) is 17.9 Å². The summed E-state index contributed by atoms with van der Waals surface area (Å²) in [7, 11) is 0. The first-order valence-corrected chi connectivity index (χ1v) is 12.6. The molecule has 0 aromatic heterocycles. The topological polar surface area (TPSA) is 78.9 Å². The molecule has 1 unspecified atom stereocenters. The Balaban J connectivity index is 1.60. The first-order chi connectivity index (χ1) is 18.6. The predicted octanol–water partition coefficient (Wildman–Crippen LogP) is 6.96. The van der Waals surface area contributed by atoms with E-state index in [1.54, 1.807) is 12.1 Å². The second-order valence-electron chi connectivity index (χ2n) is 8.72. The van der Waals surface area contributed by atoms with Crippen LogP contribution in [0.2, 0.25) is 0 Å². The highest BCUT2D eigenvalue weighted by molar-refractivity contribution is 5.93. The molecule has 0 N–H and O–H groups in total. The van der Waals surface area contributed by atoms with Gasteiger partial charge in [0.2, 0.25) is 0 Å². The van der Waals surface area contributed by atoms with Gasteiger partial charge in [0.1, 0.15) is 5.75 Å². The van der Waals surface area contributed by atoms with Crippen LogP contribution in [0.3, 0.4) is 0 Å². The van der Waals surface area contributed by atoms with Crippen molar-refractivity contribution in [3.63, 3.8) is 0 Å². The largest absolute Gasteiger partial charge is 0.463 e. The van der Waals surface area contributed by atoms with Crippen molar-refractivity contribution in [2.45, 2.75) is 51.8 Å². The Morgan fingerprint density at radius 1 is 0.744 bits per heavy atom. The molecule has 0 heterocycles. The highest BCUT2D eigenvalue weighted by Gasteiger charge is 2.49. The minimum Gasteiger partial charge on any atom is -0.463 e. The van der Waals surface area contributed by atoms with Gasteiger partial charge in [0.05, 0.1) is 17.7 Å². The fraction of sp³-hybridized carbons (Fsp3) is 0.300. The van der Waals surface area contributed by atoms with E-state index in [9.17, 15) is 27.6 Å². The van der Waals surface area contributed by atoms with E-state index in [1.165, 1.54) is 37.5 Å². The number of alkyl halides is 3. The van der Waals surface area contributed by atoms with E-state index >= 15 is 0 Å². The Hall–Kier alpha value is -4.14. The smallest absolute Gasteiger partial charge is 0.436 e. The molecule has 9 heteroatoms. The molecular weight excluding hydrogens is 513 g/mol. The van der Waals surface area contributed by atoms with E-state index in [0.717, 1.165) is 36.1 Å². The molecule has 0 bridgehead atoms. The zero-order valence-corrected chi connectivity index (χ0v) is 21.6. The van der Waals surface area contributed by atoms with Gasteiger partial charge in [-0.3, -0.25) is 0 Å². The molecule has 0 aliphatic carbocycles. The van der Waals surface area contributed by atoms with Crippen molar-refractivity contribution in [2.75, 3.05) is 6.61 Å². The van der Waals surface area contributed by atoms with Crippen molar-refractivity contribution in [2.24, 2.45) is 0 Å². The van der Waals surface area contributed by atoms with Crippen LogP contribution in [0.1, 0.15) is 59.4 Å². The van der Waals surface area contributed by atoms with Gasteiger partial charge >= 0.3 is 24.1 Å². The Kier molecular flexibility index (Phi) is 10.3. The van der Waals surface area contributed by atoms with Crippen molar-refractivity contribution in [3.8, 4) is 16.9 Å². The van der Waals surface area contributed by atoms with E-state index in [2.05, 4.69) is 28.5 Å². The molecule has 0 saturated carbocycles. The molecule has 6 nitrogen and oxygen atoms in total. The summed E-state index contributed by atoms with van der Waals surface area (Å²) in [5.41, 5.74) is 3.27. The van der Waals surface area contributed by atoms with Crippen LogP contribution < -0.4 is 4.74 Å². The monoisotopic (exact) mass is 542 g/mol. The Morgan fingerprint density at radius 3 is 1.82 bits per heavy atom. The number of ether oxygens (including phenoxy) is 3. The lowest BCUT2D eigenvalue weighted by atomic mass is 10.0. The van der Waals surface area contributed by atoms with Gasteiger partial charge in [-0.05, 0) is 72.9 Å². The average Bonchev–Trinajstić information content (AvgIpc) is 2.92. The summed E-state index contributed by atoms with van der Waals surface area (Å²) in [5.74, 6) is -3.68. The van der Waals surface area contributed by atoms with Gasteiger partial charge in [-0.25, -0.2) is 14.4 Å². The number of carbonyl (C=O) groups is 3. The van der Waals surface area contributed by atoms with Crippen LogP contribution in [-0.2, 0) is 20.7 Å². The second kappa shape index (κ2) is 13.6. The van der Waals surface area contributed by atoms with E-state index in [1.807, 2.05) is 24.3 Å². The minimum absolute atomic E-state index is 0.0667. The highest BCUT2D eigenvalue weighted by atomic mass is 19.4. The Bertz CT molecular complexity index is 1250. The number of carbonyl (C=O) groups excluding carboxylic acids is 3. The first-order valence-electron chi connectivity index (χ1n) is 12.6. The standard InChI is InChI=1S/C30H29F3O6/c1-3-5-6-7-20-8-10-21(11-9-20)22-12-14-23(15-13-22)27(34)38-25-18-16-24(17-19-25)28(35)39-26(30(31,32)33)29(36)37-4-2/h8-19,26H,3-7H2,1-2H3. The molecule has 0 spiro atoms. The van der Waals surface area contributed by atoms with Crippen LogP contribution in [0.15, 0.2) is 72.8 Å². The first kappa shape index (κ1) is 29.4. The molecule has 39 heavy (non-hydrogen) atoms. The van der Waals surface area contributed by atoms with E-state index < -0.39 is 30.2 Å². The van der Waals surface area contributed by atoms with Crippen LogP contribution in [0.5, 0.6) is 5.75 Å². The van der Waals surface area contributed by atoms with Crippen LogP contribution >= 0.6 is 0 Å². The fourth-order valence-electron chi connectivity index (χ4n) is 3.71. The molecular formula is C30H29F3O6. The van der Waals surface area contributed by atoms with Gasteiger partial charge in [0.25, 0.3) is 6.10 Å². The highest BCUT2D eigenvalue weighted by Crippen LogP contribution is 2.26. The predicted molar refractivity (Wildman–Crippen MR) is 138 cm³/mol. The summed E-state index contributed by atoms with van der Waals surface area (Å²) in [6, 6.07) is 19.9. The lowest BCUT2D eigenvalue weighted by molar-refractivity contribution is -0.218. The zero-order valence-electron chi connectivity index (χ0n) is 21.6.